The Morgan fingerprint density at radius 2 is 1.86 bits per heavy atom. The van der Waals surface area contributed by atoms with Gasteiger partial charge in [-0.25, -0.2) is 4.39 Å². The molecule has 2 aromatic carbocycles. The van der Waals surface area contributed by atoms with Gasteiger partial charge in [-0.15, -0.1) is 0 Å². The van der Waals surface area contributed by atoms with Gasteiger partial charge in [-0.3, -0.25) is 4.79 Å². The Morgan fingerprint density at radius 1 is 1.18 bits per heavy atom. The molecule has 0 saturated carbocycles. The van der Waals surface area contributed by atoms with Gasteiger partial charge in [-0.05, 0) is 54.3 Å². The zero-order valence-electron chi connectivity index (χ0n) is 13.0. The lowest BCUT2D eigenvalue weighted by molar-refractivity contribution is -0.118. The number of rotatable bonds is 5. The summed E-state index contributed by atoms with van der Waals surface area (Å²) in [5.41, 5.74) is 2.70. The molecule has 116 valence electrons. The van der Waals surface area contributed by atoms with Gasteiger partial charge in [0.25, 0.3) is 5.91 Å². The number of aryl methyl sites for hydroxylation is 1. The fourth-order valence-corrected chi connectivity index (χ4v) is 2.12. The van der Waals surface area contributed by atoms with Crippen molar-refractivity contribution in [2.75, 3.05) is 11.9 Å². The molecule has 1 amide bonds. The van der Waals surface area contributed by atoms with E-state index in [1.807, 2.05) is 25.1 Å². The first-order chi connectivity index (χ1) is 10.5. The van der Waals surface area contributed by atoms with E-state index in [1.165, 1.54) is 24.3 Å². The first-order valence-corrected chi connectivity index (χ1v) is 7.24. The van der Waals surface area contributed by atoms with Crippen molar-refractivity contribution in [1.29, 1.82) is 0 Å². The normalized spacial score (nSPS) is 10.6. The van der Waals surface area contributed by atoms with Crippen molar-refractivity contribution in [2.24, 2.45) is 0 Å². The monoisotopic (exact) mass is 301 g/mol. The Hall–Kier alpha value is -2.36. The third-order valence-electron chi connectivity index (χ3n) is 3.28. The lowest BCUT2D eigenvalue weighted by Crippen LogP contribution is -2.20. The average molecular weight is 301 g/mol. The van der Waals surface area contributed by atoms with Crippen LogP contribution in [0.15, 0.2) is 42.5 Å². The van der Waals surface area contributed by atoms with Gasteiger partial charge in [-0.1, -0.05) is 26.0 Å². The minimum atomic E-state index is -0.337. The van der Waals surface area contributed by atoms with E-state index < -0.39 is 0 Å². The van der Waals surface area contributed by atoms with Crippen LogP contribution in [0.4, 0.5) is 10.1 Å². The van der Waals surface area contributed by atoms with Crippen molar-refractivity contribution >= 4 is 11.6 Å². The molecule has 0 fully saturated rings. The van der Waals surface area contributed by atoms with E-state index in [9.17, 15) is 9.18 Å². The van der Waals surface area contributed by atoms with Crippen molar-refractivity contribution in [1.82, 2.24) is 0 Å². The SMILES string of the molecule is Cc1ccc(C(C)C)c(OCC(=O)Nc2ccc(F)cc2)c1. The lowest BCUT2D eigenvalue weighted by Gasteiger charge is -2.14. The van der Waals surface area contributed by atoms with Crippen LogP contribution in [0.25, 0.3) is 0 Å². The molecule has 0 radical (unpaired) electrons. The van der Waals surface area contributed by atoms with Crippen molar-refractivity contribution in [3.63, 3.8) is 0 Å². The number of hydrogen-bond donors (Lipinski definition) is 1. The molecule has 0 aliphatic rings. The fourth-order valence-electron chi connectivity index (χ4n) is 2.12. The Bertz CT molecular complexity index is 651. The number of hydrogen-bond acceptors (Lipinski definition) is 2. The molecule has 3 nitrogen and oxygen atoms in total. The summed E-state index contributed by atoms with van der Waals surface area (Å²) in [5, 5.41) is 2.67. The maximum atomic E-state index is 12.8. The van der Waals surface area contributed by atoms with Crippen LogP contribution in [-0.4, -0.2) is 12.5 Å². The van der Waals surface area contributed by atoms with E-state index in [0.29, 0.717) is 11.6 Å². The summed E-state index contributed by atoms with van der Waals surface area (Å²) in [4.78, 5) is 11.9. The largest absolute Gasteiger partial charge is 0.483 e. The molecule has 0 heterocycles. The van der Waals surface area contributed by atoms with E-state index in [2.05, 4.69) is 19.2 Å². The summed E-state index contributed by atoms with van der Waals surface area (Å²) in [7, 11) is 0. The van der Waals surface area contributed by atoms with Gasteiger partial charge in [-0.2, -0.15) is 0 Å². The van der Waals surface area contributed by atoms with Crippen LogP contribution < -0.4 is 10.1 Å². The predicted molar refractivity (Wildman–Crippen MR) is 85.8 cm³/mol. The average Bonchev–Trinajstić information content (AvgIpc) is 2.47. The second-order valence-corrected chi connectivity index (χ2v) is 5.54. The minimum Gasteiger partial charge on any atom is -0.483 e. The van der Waals surface area contributed by atoms with Crippen LogP contribution in [0.2, 0.25) is 0 Å². The van der Waals surface area contributed by atoms with E-state index in [4.69, 9.17) is 4.74 Å². The number of halogens is 1. The third-order valence-corrected chi connectivity index (χ3v) is 3.28. The Labute approximate surface area is 130 Å². The van der Waals surface area contributed by atoms with Crippen molar-refractivity contribution in [2.45, 2.75) is 26.7 Å². The molecule has 2 aromatic rings. The van der Waals surface area contributed by atoms with E-state index in [0.717, 1.165) is 16.9 Å². The second-order valence-electron chi connectivity index (χ2n) is 5.54. The number of ether oxygens (including phenoxy) is 1. The van der Waals surface area contributed by atoms with E-state index in [-0.39, 0.29) is 18.3 Å². The van der Waals surface area contributed by atoms with Crippen molar-refractivity contribution < 1.29 is 13.9 Å². The molecule has 0 aliphatic carbocycles. The van der Waals surface area contributed by atoms with E-state index in [1.54, 1.807) is 0 Å². The van der Waals surface area contributed by atoms with Crippen LogP contribution in [0, 0.1) is 12.7 Å². The molecule has 4 heteroatoms. The lowest BCUT2D eigenvalue weighted by atomic mass is 10.0. The van der Waals surface area contributed by atoms with Gasteiger partial charge in [0.2, 0.25) is 0 Å². The predicted octanol–water partition coefficient (Wildman–Crippen LogP) is 4.28. The summed E-state index contributed by atoms with van der Waals surface area (Å²) in [5.74, 6) is 0.429. The summed E-state index contributed by atoms with van der Waals surface area (Å²) >= 11 is 0. The number of amides is 1. The maximum absolute atomic E-state index is 12.8. The Balaban J connectivity index is 1.99. The zero-order valence-corrected chi connectivity index (χ0v) is 13.0. The highest BCUT2D eigenvalue weighted by Crippen LogP contribution is 2.27. The number of benzene rings is 2. The molecule has 0 bridgehead atoms. The molecule has 0 saturated heterocycles. The summed E-state index contributed by atoms with van der Waals surface area (Å²) in [6, 6.07) is 11.6. The standard InChI is InChI=1S/C18H20FNO2/c1-12(2)16-9-4-13(3)10-17(16)22-11-18(21)20-15-7-5-14(19)6-8-15/h4-10,12H,11H2,1-3H3,(H,20,21). The highest BCUT2D eigenvalue weighted by Gasteiger charge is 2.10. The van der Waals surface area contributed by atoms with Crippen LogP contribution >= 0.6 is 0 Å². The topological polar surface area (TPSA) is 38.3 Å². The zero-order chi connectivity index (χ0) is 16.1. The fraction of sp³-hybridized carbons (Fsp3) is 0.278. The second kappa shape index (κ2) is 7.07. The van der Waals surface area contributed by atoms with Gasteiger partial charge in [0, 0.05) is 5.69 Å². The molecular formula is C18H20FNO2. The smallest absolute Gasteiger partial charge is 0.262 e. The van der Waals surface area contributed by atoms with Gasteiger partial charge < -0.3 is 10.1 Å². The Morgan fingerprint density at radius 3 is 2.50 bits per heavy atom. The number of carbonyl (C=O) groups is 1. The quantitative estimate of drug-likeness (QED) is 0.895. The number of nitrogens with one attached hydrogen (secondary N) is 1. The molecule has 0 aliphatic heterocycles. The van der Waals surface area contributed by atoms with Gasteiger partial charge in [0.1, 0.15) is 11.6 Å². The molecule has 0 atom stereocenters. The minimum absolute atomic E-state index is 0.0828. The summed E-state index contributed by atoms with van der Waals surface area (Å²) in [6.45, 7) is 6.06. The molecule has 0 unspecified atom stereocenters. The van der Waals surface area contributed by atoms with Crippen molar-refractivity contribution in [3.05, 3.63) is 59.4 Å². The highest BCUT2D eigenvalue weighted by molar-refractivity contribution is 5.91. The first-order valence-electron chi connectivity index (χ1n) is 7.24. The summed E-state index contributed by atoms with van der Waals surface area (Å²) in [6.07, 6.45) is 0. The maximum Gasteiger partial charge on any atom is 0.262 e. The molecule has 0 spiro atoms. The number of carbonyl (C=O) groups excluding carboxylic acids is 1. The van der Waals surface area contributed by atoms with Gasteiger partial charge >= 0.3 is 0 Å². The molecule has 1 N–H and O–H groups in total. The summed E-state index contributed by atoms with van der Waals surface area (Å²) < 4.78 is 18.5. The molecule has 2 rings (SSSR count). The molecular weight excluding hydrogens is 281 g/mol. The Kier molecular flexibility index (Phi) is 5.15. The third kappa shape index (κ3) is 4.32. The van der Waals surface area contributed by atoms with Gasteiger partial charge in [0.15, 0.2) is 6.61 Å². The van der Waals surface area contributed by atoms with Crippen LogP contribution in [0.1, 0.15) is 30.9 Å². The van der Waals surface area contributed by atoms with Gasteiger partial charge in [0.05, 0.1) is 0 Å². The van der Waals surface area contributed by atoms with Crippen LogP contribution in [0.3, 0.4) is 0 Å². The van der Waals surface area contributed by atoms with Crippen LogP contribution in [0.5, 0.6) is 5.75 Å². The molecule has 22 heavy (non-hydrogen) atoms. The van der Waals surface area contributed by atoms with Crippen molar-refractivity contribution in [3.8, 4) is 5.75 Å². The van der Waals surface area contributed by atoms with Crippen LogP contribution in [-0.2, 0) is 4.79 Å². The number of anilines is 1. The van der Waals surface area contributed by atoms with E-state index >= 15 is 0 Å². The highest BCUT2D eigenvalue weighted by atomic mass is 19.1. The first kappa shape index (κ1) is 16.0. The molecule has 0 aromatic heterocycles.